The van der Waals surface area contributed by atoms with Crippen LogP contribution in [0.3, 0.4) is 0 Å². The first-order valence-electron chi connectivity index (χ1n) is 5.45. The van der Waals surface area contributed by atoms with Gasteiger partial charge in [0.2, 0.25) is 0 Å². The fourth-order valence-electron chi connectivity index (χ4n) is 1.40. The lowest BCUT2D eigenvalue weighted by Crippen LogP contribution is -2.23. The summed E-state index contributed by atoms with van der Waals surface area (Å²) in [5.41, 5.74) is 4.31. The van der Waals surface area contributed by atoms with Gasteiger partial charge in [-0.1, -0.05) is 63.0 Å². The van der Waals surface area contributed by atoms with Crippen molar-refractivity contribution in [2.75, 3.05) is 0 Å². The van der Waals surface area contributed by atoms with Crippen LogP contribution in [0.5, 0.6) is 0 Å². The Hall–Kier alpha value is -0.303. The fraction of sp³-hybridized carbons (Fsp3) is 0.667. The minimum Gasteiger partial charge on any atom is -0.107 e. The van der Waals surface area contributed by atoms with E-state index in [1.165, 1.54) is 38.1 Å². The van der Waals surface area contributed by atoms with E-state index >= 15 is 0 Å². The molecule has 0 bridgehead atoms. The van der Waals surface area contributed by atoms with Crippen LogP contribution in [0.1, 0.15) is 39.0 Å². The molecule has 0 aromatic carbocycles. The molecule has 0 radical (unpaired) electrons. The average Bonchev–Trinajstić information content (AvgIpc) is 2.17. The van der Waals surface area contributed by atoms with Gasteiger partial charge in [0.1, 0.15) is 0 Å². The molecule has 0 aromatic rings. The van der Waals surface area contributed by atoms with Gasteiger partial charge in [0, 0.05) is 0 Å². The lowest BCUT2D eigenvalue weighted by atomic mass is 10.2. The number of rotatable bonds is 8. The predicted octanol–water partition coefficient (Wildman–Crippen LogP) is 4.49. The summed E-state index contributed by atoms with van der Waals surface area (Å²) in [4.78, 5) is 0. The minimum atomic E-state index is -1.23. The Morgan fingerprint density at radius 2 is 1.54 bits per heavy atom. The Morgan fingerprint density at radius 1 is 1.00 bits per heavy atom. The van der Waals surface area contributed by atoms with E-state index < -0.39 is 8.07 Å². The molecule has 0 unspecified atom stereocenters. The monoisotopic (exact) mass is 196 g/mol. The zero-order valence-electron chi connectivity index (χ0n) is 9.31. The Bertz CT molecular complexity index is 141. The largest absolute Gasteiger partial charge is 0.107 e. The summed E-state index contributed by atoms with van der Waals surface area (Å²) in [5, 5.41) is 0. The highest BCUT2D eigenvalue weighted by molar-refractivity contribution is 6.87. The van der Waals surface area contributed by atoms with Crippen molar-refractivity contribution in [1.29, 1.82) is 0 Å². The van der Waals surface area contributed by atoms with Crippen LogP contribution in [0.15, 0.2) is 24.6 Å². The van der Waals surface area contributed by atoms with Crippen molar-refractivity contribution in [1.82, 2.24) is 0 Å². The van der Waals surface area contributed by atoms with Gasteiger partial charge >= 0.3 is 0 Å². The molecule has 0 nitrogen and oxygen atoms in total. The molecule has 0 rings (SSSR count). The molecule has 76 valence electrons. The zero-order valence-corrected chi connectivity index (χ0v) is 10.3. The van der Waals surface area contributed by atoms with E-state index in [4.69, 9.17) is 0 Å². The second-order valence-electron chi connectivity index (χ2n) is 4.08. The lowest BCUT2D eigenvalue weighted by molar-refractivity contribution is 0.653. The zero-order chi connectivity index (χ0) is 10.2. The second kappa shape index (κ2) is 7.13. The van der Waals surface area contributed by atoms with Crippen LogP contribution >= 0.6 is 0 Å². The third-order valence-electron chi connectivity index (χ3n) is 2.75. The topological polar surface area (TPSA) is 0 Å². The van der Waals surface area contributed by atoms with E-state index in [2.05, 4.69) is 38.0 Å². The van der Waals surface area contributed by atoms with Crippen LogP contribution in [0.2, 0.25) is 12.6 Å². The van der Waals surface area contributed by atoms with Crippen LogP contribution in [0.25, 0.3) is 0 Å². The van der Waals surface area contributed by atoms with Gasteiger partial charge < -0.3 is 0 Å². The molecule has 0 spiro atoms. The predicted molar refractivity (Wildman–Crippen MR) is 65.6 cm³/mol. The normalized spacial score (nSPS) is 11.2. The minimum absolute atomic E-state index is 1.23. The van der Waals surface area contributed by atoms with Gasteiger partial charge in [-0.2, -0.15) is 0 Å². The number of unbranched alkanes of at least 4 members (excludes halogenated alkanes) is 4. The van der Waals surface area contributed by atoms with E-state index in [0.29, 0.717) is 0 Å². The molecular formula is C12H24Si. The smallest absolute Gasteiger partial charge is 0.0973 e. The van der Waals surface area contributed by atoms with Crippen molar-refractivity contribution >= 4 is 8.07 Å². The summed E-state index contributed by atoms with van der Waals surface area (Å²) in [5.74, 6) is 0. The summed E-state index contributed by atoms with van der Waals surface area (Å²) >= 11 is 0. The Kier molecular flexibility index (Phi) is 6.97. The summed E-state index contributed by atoms with van der Waals surface area (Å²) < 4.78 is 0. The molecule has 0 aromatic heterocycles. The summed E-state index contributed by atoms with van der Waals surface area (Å²) in [6.07, 6.45) is 6.87. The van der Waals surface area contributed by atoms with E-state index in [0.717, 1.165) is 0 Å². The maximum atomic E-state index is 3.91. The maximum Gasteiger partial charge on any atom is 0.0973 e. The molecular weight excluding hydrogens is 172 g/mol. The summed E-state index contributed by atoms with van der Waals surface area (Å²) in [7, 11) is -1.23. The van der Waals surface area contributed by atoms with Crippen LogP contribution in [-0.4, -0.2) is 8.07 Å². The molecule has 0 heterocycles. The van der Waals surface area contributed by atoms with Crippen LogP contribution in [0, 0.1) is 0 Å². The molecule has 13 heavy (non-hydrogen) atoms. The summed E-state index contributed by atoms with van der Waals surface area (Å²) in [6.45, 7) is 12.4. The van der Waals surface area contributed by atoms with E-state index in [9.17, 15) is 0 Å². The Labute approximate surface area is 84.8 Å². The molecule has 0 N–H and O–H groups in total. The van der Waals surface area contributed by atoms with Crippen LogP contribution < -0.4 is 0 Å². The highest BCUT2D eigenvalue weighted by Gasteiger charge is 2.17. The SMILES string of the molecule is C=C[Si](C)(C=C)CCCCCCC. The molecule has 0 aliphatic heterocycles. The third kappa shape index (κ3) is 5.86. The standard InChI is InChI=1S/C12H24Si/c1-5-8-9-10-11-12-13(4,6-2)7-3/h6-7H,2-3,5,8-12H2,1,4H3. The maximum absolute atomic E-state index is 3.91. The molecule has 0 aliphatic rings. The van der Waals surface area contributed by atoms with E-state index in [1.807, 2.05) is 0 Å². The fourth-order valence-corrected chi connectivity index (χ4v) is 2.98. The first-order valence-corrected chi connectivity index (χ1v) is 8.32. The molecule has 1 heteroatoms. The van der Waals surface area contributed by atoms with Crippen molar-refractivity contribution < 1.29 is 0 Å². The van der Waals surface area contributed by atoms with Gasteiger partial charge in [0.15, 0.2) is 0 Å². The van der Waals surface area contributed by atoms with Crippen molar-refractivity contribution in [2.24, 2.45) is 0 Å². The highest BCUT2D eigenvalue weighted by atomic mass is 28.3. The second-order valence-corrected chi connectivity index (χ2v) is 8.41. The van der Waals surface area contributed by atoms with Crippen LogP contribution in [0.4, 0.5) is 0 Å². The molecule has 0 fully saturated rings. The van der Waals surface area contributed by atoms with Gasteiger partial charge in [-0.25, -0.2) is 0 Å². The number of hydrogen-bond donors (Lipinski definition) is 0. The van der Waals surface area contributed by atoms with Crippen molar-refractivity contribution in [3.63, 3.8) is 0 Å². The first-order chi connectivity index (χ1) is 6.18. The molecule has 0 aliphatic carbocycles. The van der Waals surface area contributed by atoms with Gasteiger partial charge in [-0.3, -0.25) is 0 Å². The third-order valence-corrected chi connectivity index (χ3v) is 6.05. The Morgan fingerprint density at radius 3 is 2.00 bits per heavy atom. The lowest BCUT2D eigenvalue weighted by Gasteiger charge is -2.17. The van der Waals surface area contributed by atoms with Crippen LogP contribution in [-0.2, 0) is 0 Å². The van der Waals surface area contributed by atoms with Gasteiger partial charge in [0.05, 0.1) is 8.07 Å². The first kappa shape index (κ1) is 12.7. The van der Waals surface area contributed by atoms with E-state index in [-0.39, 0.29) is 0 Å². The molecule has 0 saturated carbocycles. The molecule has 0 saturated heterocycles. The van der Waals surface area contributed by atoms with Gasteiger partial charge in [0.25, 0.3) is 0 Å². The number of hydrogen-bond acceptors (Lipinski definition) is 0. The van der Waals surface area contributed by atoms with Crippen molar-refractivity contribution in [3.8, 4) is 0 Å². The highest BCUT2D eigenvalue weighted by Crippen LogP contribution is 2.17. The molecule has 0 atom stereocenters. The summed E-state index contributed by atoms with van der Waals surface area (Å²) in [6, 6.07) is 1.34. The van der Waals surface area contributed by atoms with Gasteiger partial charge in [-0.15, -0.1) is 13.2 Å². The molecule has 0 amide bonds. The van der Waals surface area contributed by atoms with E-state index in [1.54, 1.807) is 0 Å². The van der Waals surface area contributed by atoms with Gasteiger partial charge in [-0.05, 0) is 0 Å². The average molecular weight is 196 g/mol. The Balaban J connectivity index is 3.50. The quantitative estimate of drug-likeness (QED) is 0.396. The van der Waals surface area contributed by atoms with Crippen molar-refractivity contribution in [3.05, 3.63) is 24.6 Å². The van der Waals surface area contributed by atoms with Crippen molar-refractivity contribution in [2.45, 2.75) is 51.6 Å².